The molecule has 0 bridgehead atoms. The number of hydrogen-bond acceptors (Lipinski definition) is 3. The Labute approximate surface area is 128 Å². The van der Waals surface area contributed by atoms with Gasteiger partial charge in [-0.3, -0.25) is 0 Å². The van der Waals surface area contributed by atoms with Crippen LogP contribution in [0.2, 0.25) is 0 Å². The van der Waals surface area contributed by atoms with E-state index in [-0.39, 0.29) is 11.9 Å². The van der Waals surface area contributed by atoms with Crippen LogP contribution in [0.5, 0.6) is 5.75 Å². The van der Waals surface area contributed by atoms with Gasteiger partial charge in [0.15, 0.2) is 0 Å². The first kappa shape index (κ1) is 14.4. The molecule has 2 aromatic rings. The van der Waals surface area contributed by atoms with Gasteiger partial charge in [0.1, 0.15) is 18.2 Å². The first-order valence-corrected chi connectivity index (χ1v) is 7.94. The van der Waals surface area contributed by atoms with Crippen LogP contribution in [0.4, 0.5) is 4.39 Å². The standard InChI is InChI=1S/C17H18FNOS/c1-11(19)15-9-13(18)6-7-16(15)20-10-14-8-12-4-2-3-5-17(12)21-14/h2-7,9,11,14H,8,10,19H2,1H3/t11-,14?/m1/s1. The minimum Gasteiger partial charge on any atom is -0.492 e. The van der Waals surface area contributed by atoms with Crippen LogP contribution in [-0.2, 0) is 6.42 Å². The molecule has 1 aliphatic heterocycles. The van der Waals surface area contributed by atoms with Gasteiger partial charge >= 0.3 is 0 Å². The van der Waals surface area contributed by atoms with Gasteiger partial charge in [0.05, 0.1) is 0 Å². The molecule has 1 heterocycles. The molecule has 4 heteroatoms. The van der Waals surface area contributed by atoms with E-state index in [0.29, 0.717) is 17.6 Å². The van der Waals surface area contributed by atoms with Crippen molar-refractivity contribution in [2.75, 3.05) is 6.61 Å². The largest absolute Gasteiger partial charge is 0.492 e. The van der Waals surface area contributed by atoms with Gasteiger partial charge in [0, 0.05) is 21.8 Å². The molecule has 1 unspecified atom stereocenters. The molecule has 2 nitrogen and oxygen atoms in total. The van der Waals surface area contributed by atoms with E-state index in [1.54, 1.807) is 6.07 Å². The van der Waals surface area contributed by atoms with E-state index >= 15 is 0 Å². The van der Waals surface area contributed by atoms with Gasteiger partial charge in [-0.25, -0.2) is 4.39 Å². The summed E-state index contributed by atoms with van der Waals surface area (Å²) in [5, 5.41) is 0.397. The molecule has 0 aromatic heterocycles. The quantitative estimate of drug-likeness (QED) is 0.929. The normalized spacial score (nSPS) is 18.3. The maximum absolute atomic E-state index is 13.3. The summed E-state index contributed by atoms with van der Waals surface area (Å²) in [6.45, 7) is 2.44. The highest BCUT2D eigenvalue weighted by Crippen LogP contribution is 2.37. The third kappa shape index (κ3) is 3.22. The van der Waals surface area contributed by atoms with Crippen molar-refractivity contribution in [2.45, 2.75) is 29.5 Å². The molecule has 1 aliphatic rings. The number of nitrogens with two attached hydrogens (primary N) is 1. The summed E-state index contributed by atoms with van der Waals surface area (Å²) in [6.07, 6.45) is 1.01. The SMILES string of the molecule is C[C@@H](N)c1cc(F)ccc1OCC1Cc2ccccc2S1. The number of halogens is 1. The number of hydrogen-bond donors (Lipinski definition) is 1. The summed E-state index contributed by atoms with van der Waals surface area (Å²) in [6, 6.07) is 12.7. The monoisotopic (exact) mass is 303 g/mol. The minimum atomic E-state index is -0.280. The Balaban J connectivity index is 1.67. The second-order valence-electron chi connectivity index (χ2n) is 5.33. The minimum absolute atomic E-state index is 0.246. The molecular formula is C17H18FNOS. The lowest BCUT2D eigenvalue weighted by Gasteiger charge is -2.16. The average molecular weight is 303 g/mol. The van der Waals surface area contributed by atoms with E-state index in [0.717, 1.165) is 12.0 Å². The van der Waals surface area contributed by atoms with Crippen molar-refractivity contribution in [3.05, 3.63) is 59.4 Å². The Bertz CT molecular complexity index is 619. The van der Waals surface area contributed by atoms with Crippen molar-refractivity contribution >= 4 is 11.8 Å². The molecule has 21 heavy (non-hydrogen) atoms. The number of benzene rings is 2. The van der Waals surface area contributed by atoms with Crippen LogP contribution in [0.25, 0.3) is 0 Å². The van der Waals surface area contributed by atoms with Crippen molar-refractivity contribution < 1.29 is 9.13 Å². The van der Waals surface area contributed by atoms with E-state index in [4.69, 9.17) is 10.5 Å². The highest BCUT2D eigenvalue weighted by atomic mass is 32.2. The average Bonchev–Trinajstić information content (AvgIpc) is 2.88. The van der Waals surface area contributed by atoms with Gasteiger partial charge in [-0.05, 0) is 43.2 Å². The van der Waals surface area contributed by atoms with E-state index in [9.17, 15) is 4.39 Å². The van der Waals surface area contributed by atoms with E-state index in [1.807, 2.05) is 18.7 Å². The molecule has 2 aromatic carbocycles. The van der Waals surface area contributed by atoms with Crippen LogP contribution in [0, 0.1) is 5.82 Å². The second kappa shape index (κ2) is 6.08. The molecule has 0 saturated heterocycles. The van der Waals surface area contributed by atoms with Crippen LogP contribution >= 0.6 is 11.8 Å². The Morgan fingerprint density at radius 1 is 1.33 bits per heavy atom. The fraction of sp³-hybridized carbons (Fsp3) is 0.294. The molecule has 0 radical (unpaired) electrons. The smallest absolute Gasteiger partial charge is 0.124 e. The Kier molecular flexibility index (Phi) is 4.17. The summed E-state index contributed by atoms with van der Waals surface area (Å²) < 4.78 is 19.2. The zero-order valence-electron chi connectivity index (χ0n) is 11.9. The summed E-state index contributed by atoms with van der Waals surface area (Å²) in [7, 11) is 0. The Hall–Kier alpha value is -1.52. The third-order valence-corrected chi connectivity index (χ3v) is 4.89. The molecule has 0 saturated carbocycles. The molecule has 0 aliphatic carbocycles. The highest BCUT2D eigenvalue weighted by Gasteiger charge is 2.22. The van der Waals surface area contributed by atoms with E-state index in [1.165, 1.54) is 22.6 Å². The van der Waals surface area contributed by atoms with Gasteiger partial charge in [0.2, 0.25) is 0 Å². The molecule has 0 spiro atoms. The van der Waals surface area contributed by atoms with Gasteiger partial charge in [-0.1, -0.05) is 18.2 Å². The molecule has 2 N–H and O–H groups in total. The van der Waals surface area contributed by atoms with Crippen molar-refractivity contribution in [1.82, 2.24) is 0 Å². The highest BCUT2D eigenvalue weighted by molar-refractivity contribution is 8.00. The van der Waals surface area contributed by atoms with E-state index < -0.39 is 0 Å². The lowest BCUT2D eigenvalue weighted by Crippen LogP contribution is -2.16. The number of rotatable bonds is 4. The van der Waals surface area contributed by atoms with Crippen LogP contribution in [-0.4, -0.2) is 11.9 Å². The topological polar surface area (TPSA) is 35.2 Å². The molecule has 0 amide bonds. The Morgan fingerprint density at radius 2 is 2.14 bits per heavy atom. The van der Waals surface area contributed by atoms with Gasteiger partial charge in [-0.2, -0.15) is 0 Å². The lowest BCUT2D eigenvalue weighted by atomic mass is 10.1. The molecule has 0 fully saturated rings. The van der Waals surface area contributed by atoms with Crippen molar-refractivity contribution in [3.63, 3.8) is 0 Å². The first-order chi connectivity index (χ1) is 10.1. The maximum Gasteiger partial charge on any atom is 0.124 e. The van der Waals surface area contributed by atoms with Crippen molar-refractivity contribution in [3.8, 4) is 5.75 Å². The van der Waals surface area contributed by atoms with Gasteiger partial charge < -0.3 is 10.5 Å². The molecule has 110 valence electrons. The van der Waals surface area contributed by atoms with Crippen molar-refractivity contribution in [2.24, 2.45) is 5.73 Å². The first-order valence-electron chi connectivity index (χ1n) is 7.06. The zero-order valence-corrected chi connectivity index (χ0v) is 12.7. The fourth-order valence-electron chi connectivity index (χ4n) is 2.54. The Morgan fingerprint density at radius 3 is 2.90 bits per heavy atom. The van der Waals surface area contributed by atoms with Crippen LogP contribution < -0.4 is 10.5 Å². The van der Waals surface area contributed by atoms with E-state index in [2.05, 4.69) is 24.3 Å². The second-order valence-corrected chi connectivity index (χ2v) is 6.68. The molecular weight excluding hydrogens is 285 g/mol. The maximum atomic E-state index is 13.3. The summed E-state index contributed by atoms with van der Waals surface area (Å²) >= 11 is 1.84. The predicted octanol–water partition coefficient (Wildman–Crippen LogP) is 3.94. The number of thioether (sulfide) groups is 1. The number of ether oxygens (including phenoxy) is 1. The zero-order chi connectivity index (χ0) is 14.8. The van der Waals surface area contributed by atoms with Gasteiger partial charge in [0.25, 0.3) is 0 Å². The summed E-state index contributed by atoms with van der Waals surface area (Å²) in [4.78, 5) is 1.33. The van der Waals surface area contributed by atoms with Crippen molar-refractivity contribution in [1.29, 1.82) is 0 Å². The third-order valence-electron chi connectivity index (χ3n) is 3.60. The summed E-state index contributed by atoms with van der Waals surface area (Å²) in [5.41, 5.74) is 7.98. The predicted molar refractivity (Wildman–Crippen MR) is 84.3 cm³/mol. The van der Waals surface area contributed by atoms with Crippen LogP contribution in [0.3, 0.4) is 0 Å². The lowest BCUT2D eigenvalue weighted by molar-refractivity contribution is 0.312. The number of fused-ring (bicyclic) bond motifs is 1. The fourth-order valence-corrected chi connectivity index (χ4v) is 3.75. The summed E-state index contributed by atoms with van der Waals surface area (Å²) in [5.74, 6) is 0.403. The molecule has 3 rings (SSSR count). The van der Waals surface area contributed by atoms with Crippen LogP contribution in [0.1, 0.15) is 24.1 Å². The molecule has 2 atom stereocenters. The van der Waals surface area contributed by atoms with Gasteiger partial charge in [-0.15, -0.1) is 11.8 Å². The van der Waals surface area contributed by atoms with Crippen LogP contribution in [0.15, 0.2) is 47.4 Å².